The van der Waals surface area contributed by atoms with Gasteiger partial charge in [0, 0.05) is 11.8 Å². The molecule has 7 heteroatoms. The summed E-state index contributed by atoms with van der Waals surface area (Å²) in [7, 11) is -4.37. The SMILES string of the molecule is Cc1ccc(N(Cl)S(=O)(=O)O)cc1.[NaH]. The van der Waals surface area contributed by atoms with Crippen LogP contribution in [-0.4, -0.2) is 42.5 Å². The van der Waals surface area contributed by atoms with Crippen molar-refractivity contribution in [2.24, 2.45) is 0 Å². The van der Waals surface area contributed by atoms with Crippen LogP contribution in [0.5, 0.6) is 0 Å². The number of benzene rings is 1. The molecule has 1 N–H and O–H groups in total. The molecule has 0 radical (unpaired) electrons. The third-order valence-corrected chi connectivity index (χ3v) is 2.77. The molecule has 1 aromatic carbocycles. The van der Waals surface area contributed by atoms with Gasteiger partial charge in [0.1, 0.15) is 0 Å². The van der Waals surface area contributed by atoms with Gasteiger partial charge in [-0.25, -0.2) is 0 Å². The van der Waals surface area contributed by atoms with Crippen LogP contribution in [0, 0.1) is 6.92 Å². The molecule has 14 heavy (non-hydrogen) atoms. The molecular formula is C7H9ClNNaO3S. The van der Waals surface area contributed by atoms with Crippen molar-refractivity contribution in [3.8, 4) is 0 Å². The molecule has 0 heterocycles. The Labute approximate surface area is 110 Å². The molecular weight excluding hydrogens is 237 g/mol. The van der Waals surface area contributed by atoms with Gasteiger partial charge in [0.2, 0.25) is 0 Å². The van der Waals surface area contributed by atoms with E-state index in [0.29, 0.717) is 0 Å². The van der Waals surface area contributed by atoms with E-state index in [1.54, 1.807) is 12.1 Å². The molecule has 74 valence electrons. The molecule has 0 unspecified atom stereocenters. The number of halogens is 1. The third kappa shape index (κ3) is 3.76. The zero-order valence-corrected chi connectivity index (χ0v) is 8.38. The van der Waals surface area contributed by atoms with Crippen LogP contribution in [0.2, 0.25) is 0 Å². The van der Waals surface area contributed by atoms with Crippen molar-refractivity contribution in [3.05, 3.63) is 29.8 Å². The van der Waals surface area contributed by atoms with Gasteiger partial charge < -0.3 is 0 Å². The van der Waals surface area contributed by atoms with E-state index in [1.165, 1.54) is 12.1 Å². The first-order chi connectivity index (χ1) is 5.91. The van der Waals surface area contributed by atoms with Crippen LogP contribution >= 0.6 is 11.8 Å². The van der Waals surface area contributed by atoms with Gasteiger partial charge in [-0.1, -0.05) is 17.7 Å². The van der Waals surface area contributed by atoms with Crippen molar-refractivity contribution in [2.75, 3.05) is 3.82 Å². The van der Waals surface area contributed by atoms with Gasteiger partial charge in [-0.05, 0) is 19.1 Å². The van der Waals surface area contributed by atoms with Crippen molar-refractivity contribution in [2.45, 2.75) is 6.92 Å². The second-order valence-electron chi connectivity index (χ2n) is 2.53. The van der Waals surface area contributed by atoms with Gasteiger partial charge in [-0.2, -0.15) is 12.2 Å². The molecule has 1 rings (SSSR count). The Morgan fingerprint density at radius 3 is 2.07 bits per heavy atom. The number of hydrogen-bond donors (Lipinski definition) is 1. The fraction of sp³-hybridized carbons (Fsp3) is 0.143. The summed E-state index contributed by atoms with van der Waals surface area (Å²) in [5.74, 6) is 0. The first kappa shape index (κ1) is 14.2. The molecule has 0 aliphatic rings. The molecule has 0 saturated heterocycles. The first-order valence-electron chi connectivity index (χ1n) is 3.41. The summed E-state index contributed by atoms with van der Waals surface area (Å²) in [4.78, 5) is 0. The van der Waals surface area contributed by atoms with Gasteiger partial charge in [0.05, 0.1) is 5.69 Å². The number of rotatable bonds is 2. The van der Waals surface area contributed by atoms with E-state index in [2.05, 4.69) is 0 Å². The van der Waals surface area contributed by atoms with E-state index < -0.39 is 10.3 Å². The molecule has 0 fully saturated rings. The molecule has 0 amide bonds. The van der Waals surface area contributed by atoms with Crippen LogP contribution in [-0.2, 0) is 10.3 Å². The molecule has 0 bridgehead atoms. The Kier molecular flexibility index (Phi) is 5.43. The van der Waals surface area contributed by atoms with Gasteiger partial charge in [0.25, 0.3) is 0 Å². The zero-order chi connectivity index (χ0) is 10.1. The Hall–Kier alpha value is 0.220. The zero-order valence-electron chi connectivity index (χ0n) is 6.81. The Balaban J connectivity index is 0.00000169. The second kappa shape index (κ2) is 5.34. The van der Waals surface area contributed by atoms with Crippen LogP contribution in [0.25, 0.3) is 0 Å². The Bertz CT molecular complexity index is 392. The van der Waals surface area contributed by atoms with E-state index >= 15 is 0 Å². The number of hydrogen-bond acceptors (Lipinski definition) is 2. The fourth-order valence-corrected chi connectivity index (χ4v) is 1.30. The van der Waals surface area contributed by atoms with Crippen molar-refractivity contribution < 1.29 is 13.0 Å². The van der Waals surface area contributed by atoms with Crippen molar-refractivity contribution in [1.82, 2.24) is 0 Å². The average Bonchev–Trinajstić information content (AvgIpc) is 2.03. The van der Waals surface area contributed by atoms with Gasteiger partial charge >= 0.3 is 39.9 Å². The Morgan fingerprint density at radius 1 is 1.29 bits per heavy atom. The molecule has 4 nitrogen and oxygen atoms in total. The van der Waals surface area contributed by atoms with Crippen LogP contribution in [0.3, 0.4) is 0 Å². The summed E-state index contributed by atoms with van der Waals surface area (Å²) in [6.07, 6.45) is 0. The van der Waals surface area contributed by atoms with E-state index in [4.69, 9.17) is 16.3 Å². The number of aryl methyl sites for hydroxylation is 1. The molecule has 0 aliphatic heterocycles. The summed E-state index contributed by atoms with van der Waals surface area (Å²) in [6.45, 7) is 1.86. The van der Waals surface area contributed by atoms with Gasteiger partial charge in [0.15, 0.2) is 0 Å². The minimum absolute atomic E-state index is 0. The quantitative estimate of drug-likeness (QED) is 0.482. The summed E-state index contributed by atoms with van der Waals surface area (Å²) in [5, 5.41) is 0. The van der Waals surface area contributed by atoms with Crippen LogP contribution in [0.15, 0.2) is 24.3 Å². The van der Waals surface area contributed by atoms with E-state index in [1.807, 2.05) is 6.92 Å². The van der Waals surface area contributed by atoms with Gasteiger partial charge in [-0.15, -0.1) is 0 Å². The summed E-state index contributed by atoms with van der Waals surface area (Å²) in [5.41, 5.74) is 1.18. The number of nitrogens with zero attached hydrogens (tertiary/aromatic N) is 1. The maximum atomic E-state index is 10.6. The number of anilines is 1. The molecule has 0 aromatic heterocycles. The minimum atomic E-state index is -4.37. The Morgan fingerprint density at radius 2 is 1.71 bits per heavy atom. The van der Waals surface area contributed by atoms with E-state index in [-0.39, 0.29) is 39.1 Å². The summed E-state index contributed by atoms with van der Waals surface area (Å²) >= 11 is 5.33. The second-order valence-corrected chi connectivity index (χ2v) is 4.33. The average molecular weight is 246 g/mol. The standard InChI is InChI=1S/C7H8ClNO3S.Na.H/c1-6-2-4-7(5-3-6)9(8)13(10,11)12;;/h2-5H,1H3,(H,10,11,12);;. The molecule has 0 saturated carbocycles. The van der Waals surface area contributed by atoms with E-state index in [0.717, 1.165) is 5.56 Å². The van der Waals surface area contributed by atoms with Gasteiger partial charge in [-0.3, -0.25) is 4.55 Å². The third-order valence-electron chi connectivity index (χ3n) is 1.44. The van der Waals surface area contributed by atoms with E-state index in [9.17, 15) is 8.42 Å². The monoisotopic (exact) mass is 245 g/mol. The van der Waals surface area contributed by atoms with Crippen LogP contribution in [0.4, 0.5) is 5.69 Å². The van der Waals surface area contributed by atoms with Crippen molar-refractivity contribution >= 4 is 57.3 Å². The topological polar surface area (TPSA) is 57.6 Å². The predicted molar refractivity (Wildman–Crippen MR) is 58.2 cm³/mol. The molecule has 0 spiro atoms. The normalized spacial score (nSPS) is 10.5. The molecule has 1 aromatic rings. The van der Waals surface area contributed by atoms with Crippen LogP contribution in [0.1, 0.15) is 5.56 Å². The van der Waals surface area contributed by atoms with Crippen molar-refractivity contribution in [3.63, 3.8) is 0 Å². The molecule has 0 atom stereocenters. The summed E-state index contributed by atoms with van der Waals surface area (Å²) < 4.78 is 30.0. The molecule has 0 aliphatic carbocycles. The summed E-state index contributed by atoms with van der Waals surface area (Å²) in [6, 6.07) is 6.37. The first-order valence-corrected chi connectivity index (χ1v) is 5.15. The predicted octanol–water partition coefficient (Wildman–Crippen LogP) is 1.11. The fourth-order valence-electron chi connectivity index (χ4n) is 0.795. The van der Waals surface area contributed by atoms with Crippen LogP contribution < -0.4 is 3.82 Å². The maximum absolute atomic E-state index is 10.6. The van der Waals surface area contributed by atoms with Crippen molar-refractivity contribution in [1.29, 1.82) is 0 Å².